The summed E-state index contributed by atoms with van der Waals surface area (Å²) in [7, 11) is -3.62. The summed E-state index contributed by atoms with van der Waals surface area (Å²) >= 11 is 1.24. The zero-order valence-electron chi connectivity index (χ0n) is 16.4. The number of carbonyl (C=O) groups excluding carboxylic acids is 3. The Morgan fingerprint density at radius 3 is 2.45 bits per heavy atom. The van der Waals surface area contributed by atoms with E-state index in [1.807, 2.05) is 0 Å². The van der Waals surface area contributed by atoms with Gasteiger partial charge in [0.05, 0.1) is 23.0 Å². The second kappa shape index (κ2) is 10.5. The van der Waals surface area contributed by atoms with Gasteiger partial charge in [0.2, 0.25) is 10.0 Å². The van der Waals surface area contributed by atoms with Crippen molar-refractivity contribution in [2.24, 2.45) is 0 Å². The molecule has 0 atom stereocenters. The Kier molecular flexibility index (Phi) is 7.74. The molecule has 12 heteroatoms. The SMILES string of the molecule is O=C(COC(=O)CNC(=O)c1cccs1)Nc1ccc(S(=O)(=O)N2CCOCC2)cc1. The topological polar surface area (TPSA) is 131 Å². The number of carbonyl (C=O) groups is 3. The number of sulfonamides is 1. The molecular weight excluding hydrogens is 446 g/mol. The van der Waals surface area contributed by atoms with Gasteiger partial charge >= 0.3 is 5.97 Å². The second-order valence-electron chi connectivity index (χ2n) is 6.41. The van der Waals surface area contributed by atoms with Crippen LogP contribution in [0.4, 0.5) is 5.69 Å². The highest BCUT2D eigenvalue weighted by Gasteiger charge is 2.26. The number of morpholine rings is 1. The lowest BCUT2D eigenvalue weighted by Gasteiger charge is -2.26. The highest BCUT2D eigenvalue weighted by atomic mass is 32.2. The second-order valence-corrected chi connectivity index (χ2v) is 9.30. The average molecular weight is 468 g/mol. The molecule has 1 aliphatic heterocycles. The summed E-state index contributed by atoms with van der Waals surface area (Å²) in [4.78, 5) is 36.0. The summed E-state index contributed by atoms with van der Waals surface area (Å²) < 4.78 is 36.5. The molecule has 2 heterocycles. The van der Waals surface area contributed by atoms with E-state index in [-0.39, 0.29) is 11.4 Å². The van der Waals surface area contributed by atoms with E-state index >= 15 is 0 Å². The van der Waals surface area contributed by atoms with Gasteiger partial charge in [-0.15, -0.1) is 11.3 Å². The molecule has 2 N–H and O–H groups in total. The number of esters is 1. The maximum Gasteiger partial charge on any atom is 0.325 e. The summed E-state index contributed by atoms with van der Waals surface area (Å²) in [5, 5.41) is 6.65. The van der Waals surface area contributed by atoms with E-state index in [1.54, 1.807) is 17.5 Å². The number of ether oxygens (including phenoxy) is 2. The summed E-state index contributed by atoms with van der Waals surface area (Å²) in [6.07, 6.45) is 0. The summed E-state index contributed by atoms with van der Waals surface area (Å²) in [6, 6.07) is 9.03. The van der Waals surface area contributed by atoms with E-state index in [4.69, 9.17) is 9.47 Å². The molecule has 166 valence electrons. The fourth-order valence-electron chi connectivity index (χ4n) is 2.69. The summed E-state index contributed by atoms with van der Waals surface area (Å²) in [5.41, 5.74) is 0.355. The van der Waals surface area contributed by atoms with Crippen molar-refractivity contribution in [3.05, 3.63) is 46.7 Å². The van der Waals surface area contributed by atoms with E-state index in [1.165, 1.54) is 39.9 Å². The van der Waals surface area contributed by atoms with Gasteiger partial charge in [-0.2, -0.15) is 4.31 Å². The van der Waals surface area contributed by atoms with Crippen LogP contribution >= 0.6 is 11.3 Å². The molecule has 0 aliphatic carbocycles. The molecule has 0 unspecified atom stereocenters. The van der Waals surface area contributed by atoms with Crippen LogP contribution in [0.5, 0.6) is 0 Å². The predicted molar refractivity (Wildman–Crippen MR) is 112 cm³/mol. The third-order valence-electron chi connectivity index (χ3n) is 4.25. The van der Waals surface area contributed by atoms with Crippen LogP contribution < -0.4 is 10.6 Å². The lowest BCUT2D eigenvalue weighted by atomic mass is 10.3. The van der Waals surface area contributed by atoms with Gasteiger partial charge in [-0.25, -0.2) is 8.42 Å². The van der Waals surface area contributed by atoms with Gasteiger partial charge in [0, 0.05) is 18.8 Å². The third-order valence-corrected chi connectivity index (χ3v) is 7.03. The quantitative estimate of drug-likeness (QED) is 0.546. The van der Waals surface area contributed by atoms with Gasteiger partial charge in [-0.3, -0.25) is 14.4 Å². The molecule has 1 saturated heterocycles. The number of hydrogen-bond acceptors (Lipinski definition) is 8. The van der Waals surface area contributed by atoms with Crippen LogP contribution in [0.2, 0.25) is 0 Å². The average Bonchev–Trinajstić information content (AvgIpc) is 3.32. The molecule has 3 rings (SSSR count). The zero-order valence-corrected chi connectivity index (χ0v) is 18.0. The highest BCUT2D eigenvalue weighted by molar-refractivity contribution is 7.89. The molecular formula is C19H21N3O7S2. The monoisotopic (exact) mass is 467 g/mol. The van der Waals surface area contributed by atoms with Crippen LogP contribution in [-0.4, -0.2) is 70.0 Å². The van der Waals surface area contributed by atoms with Gasteiger partial charge in [0.15, 0.2) is 6.61 Å². The Balaban J connectivity index is 1.44. The number of hydrogen-bond donors (Lipinski definition) is 2. The van der Waals surface area contributed by atoms with Crippen molar-refractivity contribution in [1.82, 2.24) is 9.62 Å². The fraction of sp³-hybridized carbons (Fsp3) is 0.316. The standard InChI is InChI=1S/C19H21N3O7S2/c23-17(13-29-18(24)12-20-19(25)16-2-1-11-30-16)21-14-3-5-15(6-4-14)31(26,27)22-7-9-28-10-8-22/h1-6,11H,7-10,12-13H2,(H,20,25)(H,21,23). The third kappa shape index (κ3) is 6.34. The molecule has 2 aromatic rings. The van der Waals surface area contributed by atoms with Crippen LogP contribution in [0.1, 0.15) is 9.67 Å². The first-order valence-corrected chi connectivity index (χ1v) is 11.6. The Labute approximate surface area is 183 Å². The van der Waals surface area contributed by atoms with Gasteiger partial charge in [-0.05, 0) is 35.7 Å². The number of anilines is 1. The number of nitrogens with one attached hydrogen (secondary N) is 2. The van der Waals surface area contributed by atoms with E-state index in [0.717, 1.165) is 0 Å². The number of thiophene rings is 1. The molecule has 0 bridgehead atoms. The Morgan fingerprint density at radius 2 is 1.81 bits per heavy atom. The van der Waals surface area contributed by atoms with E-state index in [2.05, 4.69) is 10.6 Å². The Bertz CT molecular complexity index is 1020. The van der Waals surface area contributed by atoms with Crippen molar-refractivity contribution in [2.45, 2.75) is 4.90 Å². The number of nitrogens with zero attached hydrogens (tertiary/aromatic N) is 1. The van der Waals surface area contributed by atoms with Crippen LogP contribution in [0.15, 0.2) is 46.7 Å². The normalized spacial score (nSPS) is 14.6. The van der Waals surface area contributed by atoms with Crippen molar-refractivity contribution < 1.29 is 32.3 Å². The summed E-state index contributed by atoms with van der Waals surface area (Å²) in [6.45, 7) is 0.382. The predicted octanol–water partition coefficient (Wildman–Crippen LogP) is 0.681. The van der Waals surface area contributed by atoms with Crippen LogP contribution in [0.25, 0.3) is 0 Å². The minimum absolute atomic E-state index is 0.111. The number of benzene rings is 1. The molecule has 0 spiro atoms. The maximum absolute atomic E-state index is 12.6. The molecule has 1 aromatic heterocycles. The molecule has 2 amide bonds. The lowest BCUT2D eigenvalue weighted by Crippen LogP contribution is -2.40. The lowest BCUT2D eigenvalue weighted by molar-refractivity contribution is -0.146. The Morgan fingerprint density at radius 1 is 1.10 bits per heavy atom. The van der Waals surface area contributed by atoms with Gasteiger partial charge < -0.3 is 20.1 Å². The Hall–Kier alpha value is -2.80. The van der Waals surface area contributed by atoms with E-state index in [0.29, 0.717) is 36.9 Å². The fourth-order valence-corrected chi connectivity index (χ4v) is 4.74. The molecule has 31 heavy (non-hydrogen) atoms. The minimum Gasteiger partial charge on any atom is -0.454 e. The van der Waals surface area contributed by atoms with Gasteiger partial charge in [-0.1, -0.05) is 6.07 Å². The van der Waals surface area contributed by atoms with Crippen molar-refractivity contribution >= 4 is 44.8 Å². The number of rotatable bonds is 8. The van der Waals surface area contributed by atoms with E-state index < -0.39 is 34.4 Å². The van der Waals surface area contributed by atoms with Crippen molar-refractivity contribution in [3.8, 4) is 0 Å². The molecule has 10 nitrogen and oxygen atoms in total. The maximum atomic E-state index is 12.6. The largest absolute Gasteiger partial charge is 0.454 e. The zero-order chi connectivity index (χ0) is 22.3. The first kappa shape index (κ1) is 22.9. The minimum atomic E-state index is -3.62. The number of amides is 2. The molecule has 0 radical (unpaired) electrons. The van der Waals surface area contributed by atoms with Crippen molar-refractivity contribution in [3.63, 3.8) is 0 Å². The molecule has 0 saturated carbocycles. The van der Waals surface area contributed by atoms with E-state index in [9.17, 15) is 22.8 Å². The summed E-state index contributed by atoms with van der Waals surface area (Å²) in [5.74, 6) is -1.75. The molecule has 1 aromatic carbocycles. The van der Waals surface area contributed by atoms with Crippen LogP contribution in [0, 0.1) is 0 Å². The van der Waals surface area contributed by atoms with Crippen LogP contribution in [0.3, 0.4) is 0 Å². The van der Waals surface area contributed by atoms with Gasteiger partial charge in [0.1, 0.15) is 6.54 Å². The van der Waals surface area contributed by atoms with Gasteiger partial charge in [0.25, 0.3) is 11.8 Å². The molecule has 1 fully saturated rings. The van der Waals surface area contributed by atoms with Crippen molar-refractivity contribution in [2.75, 3.05) is 44.8 Å². The van der Waals surface area contributed by atoms with Crippen molar-refractivity contribution in [1.29, 1.82) is 0 Å². The smallest absolute Gasteiger partial charge is 0.325 e. The first-order valence-electron chi connectivity index (χ1n) is 9.31. The highest BCUT2D eigenvalue weighted by Crippen LogP contribution is 2.19. The first-order chi connectivity index (χ1) is 14.9. The molecule has 1 aliphatic rings. The van der Waals surface area contributed by atoms with Crippen LogP contribution in [-0.2, 0) is 29.1 Å².